The Hall–Kier alpha value is -1.06. The van der Waals surface area contributed by atoms with Crippen LogP contribution in [-0.4, -0.2) is 33.1 Å². The monoisotopic (exact) mass is 251 g/mol. The SMILES string of the molecule is CCOC(CN(C)c1cc(C)cc(C)c1)OCC. The summed E-state index contributed by atoms with van der Waals surface area (Å²) in [5, 5.41) is 0. The van der Waals surface area contributed by atoms with E-state index in [2.05, 4.69) is 44.0 Å². The van der Waals surface area contributed by atoms with Crippen LogP contribution in [0.25, 0.3) is 0 Å². The Kier molecular flexibility index (Phi) is 6.16. The number of ether oxygens (including phenoxy) is 2. The second-order valence-electron chi connectivity index (χ2n) is 4.57. The summed E-state index contributed by atoms with van der Waals surface area (Å²) in [6.07, 6.45) is -0.161. The molecule has 1 aromatic carbocycles. The Labute approximate surface area is 111 Å². The van der Waals surface area contributed by atoms with Crippen molar-refractivity contribution in [3.63, 3.8) is 0 Å². The van der Waals surface area contributed by atoms with Gasteiger partial charge in [-0.1, -0.05) is 6.07 Å². The van der Waals surface area contributed by atoms with Gasteiger partial charge in [-0.25, -0.2) is 0 Å². The highest BCUT2D eigenvalue weighted by Gasteiger charge is 2.12. The van der Waals surface area contributed by atoms with E-state index < -0.39 is 0 Å². The minimum absolute atomic E-state index is 0.161. The fourth-order valence-corrected chi connectivity index (χ4v) is 2.03. The Morgan fingerprint density at radius 3 is 1.94 bits per heavy atom. The van der Waals surface area contributed by atoms with Gasteiger partial charge in [-0.15, -0.1) is 0 Å². The van der Waals surface area contributed by atoms with E-state index in [9.17, 15) is 0 Å². The molecule has 18 heavy (non-hydrogen) atoms. The largest absolute Gasteiger partial charge is 0.369 e. The third-order valence-corrected chi connectivity index (χ3v) is 2.78. The van der Waals surface area contributed by atoms with Crippen LogP contribution in [0.4, 0.5) is 5.69 Å². The van der Waals surface area contributed by atoms with E-state index in [1.54, 1.807) is 0 Å². The van der Waals surface area contributed by atoms with E-state index in [-0.39, 0.29) is 6.29 Å². The molecule has 0 bridgehead atoms. The van der Waals surface area contributed by atoms with Crippen LogP contribution >= 0.6 is 0 Å². The molecule has 0 atom stereocenters. The minimum atomic E-state index is -0.161. The molecule has 0 heterocycles. The zero-order valence-corrected chi connectivity index (χ0v) is 12.2. The molecule has 0 N–H and O–H groups in total. The third kappa shape index (κ3) is 4.67. The lowest BCUT2D eigenvalue weighted by Gasteiger charge is -2.26. The molecule has 0 spiro atoms. The number of hydrogen-bond acceptors (Lipinski definition) is 3. The Morgan fingerprint density at radius 2 is 1.50 bits per heavy atom. The second kappa shape index (κ2) is 7.39. The molecule has 0 unspecified atom stereocenters. The quantitative estimate of drug-likeness (QED) is 0.695. The zero-order chi connectivity index (χ0) is 13.5. The van der Waals surface area contributed by atoms with Crippen LogP contribution in [0, 0.1) is 13.8 Å². The van der Waals surface area contributed by atoms with E-state index >= 15 is 0 Å². The zero-order valence-electron chi connectivity index (χ0n) is 12.2. The summed E-state index contributed by atoms with van der Waals surface area (Å²) < 4.78 is 11.1. The second-order valence-corrected chi connectivity index (χ2v) is 4.57. The highest BCUT2D eigenvalue weighted by molar-refractivity contribution is 5.50. The Morgan fingerprint density at radius 1 is 1.00 bits per heavy atom. The summed E-state index contributed by atoms with van der Waals surface area (Å²) in [5.74, 6) is 0. The molecule has 3 nitrogen and oxygen atoms in total. The van der Waals surface area contributed by atoms with Gasteiger partial charge in [0.25, 0.3) is 0 Å². The van der Waals surface area contributed by atoms with Gasteiger partial charge in [0.05, 0.1) is 6.54 Å². The van der Waals surface area contributed by atoms with Crippen LogP contribution in [0.5, 0.6) is 0 Å². The van der Waals surface area contributed by atoms with Gasteiger partial charge < -0.3 is 14.4 Å². The smallest absolute Gasteiger partial charge is 0.174 e. The van der Waals surface area contributed by atoms with Crippen LogP contribution in [-0.2, 0) is 9.47 Å². The van der Waals surface area contributed by atoms with Gasteiger partial charge in [-0.05, 0) is 51.0 Å². The molecule has 0 aliphatic carbocycles. The van der Waals surface area contributed by atoms with Crippen molar-refractivity contribution in [3.05, 3.63) is 29.3 Å². The summed E-state index contributed by atoms with van der Waals surface area (Å²) >= 11 is 0. The van der Waals surface area contributed by atoms with Gasteiger partial charge in [0.15, 0.2) is 6.29 Å². The molecule has 0 fully saturated rings. The van der Waals surface area contributed by atoms with Crippen molar-refractivity contribution in [2.45, 2.75) is 34.0 Å². The highest BCUT2D eigenvalue weighted by atomic mass is 16.7. The van der Waals surface area contributed by atoms with Crippen LogP contribution < -0.4 is 4.90 Å². The van der Waals surface area contributed by atoms with Gasteiger partial charge in [0.2, 0.25) is 0 Å². The first kappa shape index (κ1) is 15.0. The van der Waals surface area contributed by atoms with Gasteiger partial charge >= 0.3 is 0 Å². The Bertz CT molecular complexity index is 339. The number of likely N-dealkylation sites (N-methyl/N-ethyl adjacent to an activating group) is 1. The van der Waals surface area contributed by atoms with Gasteiger partial charge in [-0.2, -0.15) is 0 Å². The topological polar surface area (TPSA) is 21.7 Å². The van der Waals surface area contributed by atoms with Gasteiger partial charge in [0, 0.05) is 25.9 Å². The molecule has 0 saturated carbocycles. The molecular formula is C15H25NO2. The molecule has 0 aromatic heterocycles. The fourth-order valence-electron chi connectivity index (χ4n) is 2.03. The van der Waals surface area contributed by atoms with E-state index in [0.29, 0.717) is 13.2 Å². The van der Waals surface area contributed by atoms with E-state index in [4.69, 9.17) is 9.47 Å². The molecule has 1 aromatic rings. The van der Waals surface area contributed by atoms with Crippen LogP contribution in [0.3, 0.4) is 0 Å². The van der Waals surface area contributed by atoms with Crippen molar-refractivity contribution in [2.75, 3.05) is 31.7 Å². The molecular weight excluding hydrogens is 226 g/mol. The first-order valence-corrected chi connectivity index (χ1v) is 6.59. The lowest BCUT2D eigenvalue weighted by molar-refractivity contribution is -0.129. The maximum Gasteiger partial charge on any atom is 0.174 e. The maximum absolute atomic E-state index is 5.57. The lowest BCUT2D eigenvalue weighted by Crippen LogP contribution is -2.33. The summed E-state index contributed by atoms with van der Waals surface area (Å²) in [4.78, 5) is 2.18. The first-order valence-electron chi connectivity index (χ1n) is 6.59. The summed E-state index contributed by atoms with van der Waals surface area (Å²) in [6.45, 7) is 10.3. The normalized spacial score (nSPS) is 11.0. The van der Waals surface area contributed by atoms with E-state index in [1.165, 1.54) is 16.8 Å². The van der Waals surface area contributed by atoms with Crippen LogP contribution in [0.1, 0.15) is 25.0 Å². The summed E-state index contributed by atoms with van der Waals surface area (Å²) in [6, 6.07) is 6.55. The predicted molar refractivity (Wildman–Crippen MR) is 76.2 cm³/mol. The van der Waals surface area contributed by atoms with Gasteiger partial charge in [-0.3, -0.25) is 0 Å². The molecule has 0 aliphatic rings. The maximum atomic E-state index is 5.57. The molecule has 1 rings (SSSR count). The first-order chi connectivity index (χ1) is 8.56. The standard InChI is InChI=1S/C15H25NO2/c1-6-17-15(18-7-2)11-16(5)14-9-12(3)8-13(4)10-14/h8-10,15H,6-7,11H2,1-5H3. The number of nitrogens with zero attached hydrogens (tertiary/aromatic N) is 1. The number of benzene rings is 1. The number of anilines is 1. The van der Waals surface area contributed by atoms with Crippen molar-refractivity contribution in [3.8, 4) is 0 Å². The van der Waals surface area contributed by atoms with Crippen molar-refractivity contribution >= 4 is 5.69 Å². The highest BCUT2D eigenvalue weighted by Crippen LogP contribution is 2.18. The average molecular weight is 251 g/mol. The number of hydrogen-bond donors (Lipinski definition) is 0. The van der Waals surface area contributed by atoms with E-state index in [1.807, 2.05) is 13.8 Å². The summed E-state index contributed by atoms with van der Waals surface area (Å²) in [5.41, 5.74) is 3.76. The minimum Gasteiger partial charge on any atom is -0.369 e. The summed E-state index contributed by atoms with van der Waals surface area (Å²) in [7, 11) is 2.07. The van der Waals surface area contributed by atoms with E-state index in [0.717, 1.165) is 6.54 Å². The van der Waals surface area contributed by atoms with Crippen LogP contribution in [0.15, 0.2) is 18.2 Å². The molecule has 0 radical (unpaired) electrons. The molecule has 3 heteroatoms. The lowest BCUT2D eigenvalue weighted by atomic mass is 10.1. The van der Waals surface area contributed by atoms with Crippen LogP contribution in [0.2, 0.25) is 0 Å². The predicted octanol–water partition coefficient (Wildman–Crippen LogP) is 3.14. The molecule has 0 saturated heterocycles. The van der Waals surface area contributed by atoms with Crippen molar-refractivity contribution in [1.82, 2.24) is 0 Å². The van der Waals surface area contributed by atoms with Crippen molar-refractivity contribution < 1.29 is 9.47 Å². The number of aryl methyl sites for hydroxylation is 2. The van der Waals surface area contributed by atoms with Crippen molar-refractivity contribution in [2.24, 2.45) is 0 Å². The fraction of sp³-hybridized carbons (Fsp3) is 0.600. The Balaban J connectivity index is 2.69. The molecule has 0 amide bonds. The molecule has 0 aliphatic heterocycles. The third-order valence-electron chi connectivity index (χ3n) is 2.78. The van der Waals surface area contributed by atoms with Crippen molar-refractivity contribution in [1.29, 1.82) is 0 Å². The molecule has 102 valence electrons. The number of rotatable bonds is 7. The van der Waals surface area contributed by atoms with Gasteiger partial charge in [0.1, 0.15) is 0 Å². The average Bonchev–Trinajstić information content (AvgIpc) is 2.28.